The van der Waals surface area contributed by atoms with Crippen LogP contribution >= 0.6 is 24.8 Å². The molecule has 0 saturated carbocycles. The van der Waals surface area contributed by atoms with Gasteiger partial charge in [-0.2, -0.15) is 0 Å². The maximum atomic E-state index is 2.45. The SMILES string of the molecule is Cc1cccc2c1C=C[C]2(C)[Zr][C]1=CC=CC1.Cl.Cl. The molecule has 0 bridgehead atoms. The Morgan fingerprint density at radius 3 is 2.68 bits per heavy atom. The van der Waals surface area contributed by atoms with Gasteiger partial charge in [-0.25, -0.2) is 0 Å². The second kappa shape index (κ2) is 6.57. The normalized spacial score (nSPS) is 22.3. The minimum absolute atomic E-state index is 0. The van der Waals surface area contributed by atoms with Crippen LogP contribution < -0.4 is 0 Å². The molecule has 1 aromatic rings. The standard InChI is InChI=1S/C11H11.C5H5.2ClH.Zr/c1-8-4-3-5-10-9(2)6-7-11(8)10;1-2-4-5-3-1;;;/h3-7H,1-2H3;1-3H,4H2;2*1H;. The molecule has 1 unspecified atom stereocenters. The summed E-state index contributed by atoms with van der Waals surface area (Å²) in [6.07, 6.45) is 12.9. The van der Waals surface area contributed by atoms with Gasteiger partial charge < -0.3 is 0 Å². The van der Waals surface area contributed by atoms with E-state index in [1.54, 1.807) is 8.84 Å². The van der Waals surface area contributed by atoms with Gasteiger partial charge in [0.1, 0.15) is 0 Å². The van der Waals surface area contributed by atoms with Gasteiger partial charge in [-0.3, -0.25) is 0 Å². The van der Waals surface area contributed by atoms with Crippen molar-refractivity contribution < 1.29 is 23.2 Å². The first kappa shape index (κ1) is 17.0. The zero-order chi connectivity index (χ0) is 11.9. The number of benzene rings is 1. The van der Waals surface area contributed by atoms with Crippen LogP contribution in [0, 0.1) is 6.92 Å². The van der Waals surface area contributed by atoms with Crippen LogP contribution in [-0.4, -0.2) is 0 Å². The van der Waals surface area contributed by atoms with Crippen molar-refractivity contribution in [3.63, 3.8) is 0 Å². The number of halogens is 2. The maximum absolute atomic E-state index is 2.45. The summed E-state index contributed by atoms with van der Waals surface area (Å²) in [5, 5.41) is 0. The molecule has 0 aromatic heterocycles. The minimum Gasteiger partial charge on any atom is -0.147 e. The average molecular weight is 372 g/mol. The van der Waals surface area contributed by atoms with Crippen molar-refractivity contribution in [1.29, 1.82) is 0 Å². The number of hydrogen-bond acceptors (Lipinski definition) is 0. The molecule has 19 heavy (non-hydrogen) atoms. The van der Waals surface area contributed by atoms with E-state index in [0.717, 1.165) is 0 Å². The first-order valence-electron chi connectivity index (χ1n) is 6.12. The first-order chi connectivity index (χ1) is 8.19. The van der Waals surface area contributed by atoms with E-state index in [4.69, 9.17) is 0 Å². The molecular weight excluding hydrogens is 354 g/mol. The zero-order valence-electron chi connectivity index (χ0n) is 11.1. The van der Waals surface area contributed by atoms with E-state index < -0.39 is 23.2 Å². The molecule has 0 N–H and O–H groups in total. The molecule has 2 aliphatic carbocycles. The Kier molecular flexibility index (Phi) is 5.86. The van der Waals surface area contributed by atoms with Gasteiger partial charge in [-0.05, 0) is 0 Å². The molecule has 0 spiro atoms. The van der Waals surface area contributed by atoms with Crippen molar-refractivity contribution in [3.05, 3.63) is 62.5 Å². The summed E-state index contributed by atoms with van der Waals surface area (Å²) >= 11 is -0.557. The van der Waals surface area contributed by atoms with Gasteiger partial charge in [0.25, 0.3) is 0 Å². The number of rotatable bonds is 2. The Bertz CT molecular complexity index is 558. The number of fused-ring (bicyclic) bond motifs is 1. The van der Waals surface area contributed by atoms with Crippen molar-refractivity contribution in [2.75, 3.05) is 0 Å². The van der Waals surface area contributed by atoms with Gasteiger partial charge in [0.15, 0.2) is 0 Å². The van der Waals surface area contributed by atoms with Crippen LogP contribution in [0.2, 0.25) is 0 Å². The number of hydrogen-bond donors (Lipinski definition) is 0. The van der Waals surface area contributed by atoms with Crippen LogP contribution in [0.15, 0.2) is 45.8 Å². The van der Waals surface area contributed by atoms with E-state index in [2.05, 4.69) is 62.4 Å². The first-order valence-corrected chi connectivity index (χ1v) is 8.58. The summed E-state index contributed by atoms with van der Waals surface area (Å²) in [5.41, 5.74) is 4.46. The summed E-state index contributed by atoms with van der Waals surface area (Å²) in [5.74, 6) is 0. The predicted octanol–water partition coefficient (Wildman–Crippen LogP) is 5.01. The zero-order valence-corrected chi connectivity index (χ0v) is 15.2. The second-order valence-electron chi connectivity index (χ2n) is 5.02. The van der Waals surface area contributed by atoms with Gasteiger partial charge in [-0.1, -0.05) is 0 Å². The number of aryl methyl sites for hydroxylation is 1. The van der Waals surface area contributed by atoms with E-state index in [0.29, 0.717) is 3.12 Å². The molecule has 0 radical (unpaired) electrons. The second-order valence-corrected chi connectivity index (χ2v) is 9.77. The van der Waals surface area contributed by atoms with Gasteiger partial charge in [0.05, 0.1) is 0 Å². The van der Waals surface area contributed by atoms with E-state index in [-0.39, 0.29) is 24.8 Å². The molecule has 3 rings (SSSR count). The van der Waals surface area contributed by atoms with Crippen molar-refractivity contribution >= 4 is 30.9 Å². The Labute approximate surface area is 139 Å². The van der Waals surface area contributed by atoms with E-state index in [1.807, 2.05) is 0 Å². The average Bonchev–Trinajstić information content (AvgIpc) is 2.90. The minimum atomic E-state index is -0.557. The van der Waals surface area contributed by atoms with Crippen molar-refractivity contribution in [2.24, 2.45) is 0 Å². The summed E-state index contributed by atoms with van der Waals surface area (Å²) in [4.78, 5) is 0. The fourth-order valence-corrected chi connectivity index (χ4v) is 6.58. The summed E-state index contributed by atoms with van der Waals surface area (Å²) in [6, 6.07) is 6.75. The predicted molar refractivity (Wildman–Crippen MR) is 83.9 cm³/mol. The molecule has 2 aliphatic rings. The van der Waals surface area contributed by atoms with E-state index in [9.17, 15) is 0 Å². The van der Waals surface area contributed by atoms with Crippen LogP contribution in [0.3, 0.4) is 0 Å². The molecule has 0 heterocycles. The van der Waals surface area contributed by atoms with Crippen LogP contribution in [0.4, 0.5) is 0 Å². The van der Waals surface area contributed by atoms with Crippen LogP contribution in [-0.2, 0) is 26.4 Å². The molecule has 1 aromatic carbocycles. The fraction of sp³-hybridized carbons (Fsp3) is 0.250. The largest absolute Gasteiger partial charge is 0.147 e. The quantitative estimate of drug-likeness (QED) is 0.685. The molecule has 3 heteroatoms. The van der Waals surface area contributed by atoms with Gasteiger partial charge in [0, 0.05) is 0 Å². The Balaban J connectivity index is 0.000000902. The molecule has 100 valence electrons. The van der Waals surface area contributed by atoms with Crippen LogP contribution in [0.25, 0.3) is 6.08 Å². The molecule has 0 saturated heterocycles. The maximum Gasteiger partial charge on any atom is -0.147 e. The molecule has 0 nitrogen and oxygen atoms in total. The van der Waals surface area contributed by atoms with Crippen molar-refractivity contribution in [2.45, 2.75) is 23.4 Å². The molecule has 0 aliphatic heterocycles. The van der Waals surface area contributed by atoms with Crippen LogP contribution in [0.5, 0.6) is 0 Å². The Morgan fingerprint density at radius 1 is 1.21 bits per heavy atom. The van der Waals surface area contributed by atoms with Crippen molar-refractivity contribution in [1.82, 2.24) is 0 Å². The van der Waals surface area contributed by atoms with E-state index >= 15 is 0 Å². The molecular formula is C16H18Cl2Zr. The van der Waals surface area contributed by atoms with Crippen LogP contribution in [0.1, 0.15) is 30.0 Å². The fourth-order valence-electron chi connectivity index (χ4n) is 2.68. The van der Waals surface area contributed by atoms with Crippen molar-refractivity contribution in [3.8, 4) is 0 Å². The topological polar surface area (TPSA) is 0 Å². The third-order valence-electron chi connectivity index (χ3n) is 3.66. The smallest absolute Gasteiger partial charge is 0.147 e. The molecule has 0 fully saturated rings. The van der Waals surface area contributed by atoms with Gasteiger partial charge in [-0.15, -0.1) is 24.8 Å². The Hall–Kier alpha value is -0.0969. The number of allylic oxidation sites excluding steroid dienone is 5. The van der Waals surface area contributed by atoms with E-state index in [1.165, 1.54) is 17.5 Å². The van der Waals surface area contributed by atoms with Gasteiger partial charge in [0.2, 0.25) is 0 Å². The summed E-state index contributed by atoms with van der Waals surface area (Å²) < 4.78 is 2.08. The third kappa shape index (κ3) is 3.15. The molecule has 1 atom stereocenters. The van der Waals surface area contributed by atoms with Gasteiger partial charge >= 0.3 is 115 Å². The third-order valence-corrected chi connectivity index (χ3v) is 7.71. The summed E-state index contributed by atoms with van der Waals surface area (Å²) in [6.45, 7) is 4.65. The monoisotopic (exact) mass is 370 g/mol. The Morgan fingerprint density at radius 2 is 2.00 bits per heavy atom. The summed E-state index contributed by atoms with van der Waals surface area (Å²) in [7, 11) is 0. The molecule has 0 amide bonds.